The lowest BCUT2D eigenvalue weighted by molar-refractivity contribution is -0.137. The molecule has 0 bridgehead atoms. The van der Waals surface area contributed by atoms with Crippen LogP contribution in [0.25, 0.3) is 0 Å². The molecule has 0 saturated carbocycles. The Kier molecular flexibility index (Phi) is 10.2. The first-order valence-corrected chi connectivity index (χ1v) is 14.0. The number of aromatic nitrogens is 1. The van der Waals surface area contributed by atoms with Crippen LogP contribution in [0.5, 0.6) is 0 Å². The predicted molar refractivity (Wildman–Crippen MR) is 140 cm³/mol. The summed E-state index contributed by atoms with van der Waals surface area (Å²) in [5.41, 5.74) is 0.499. The quantitative estimate of drug-likeness (QED) is 0.280. The first-order valence-electron chi connectivity index (χ1n) is 11.4. The minimum absolute atomic E-state index is 0.158. The zero-order valence-corrected chi connectivity index (χ0v) is 22.2. The number of hydrogen-bond acceptors (Lipinski definition) is 7. The predicted octanol–water partition coefficient (Wildman–Crippen LogP) is 5.18. The number of carboxylic acids is 1. The summed E-state index contributed by atoms with van der Waals surface area (Å²) in [6.07, 6.45) is 1.84. The van der Waals surface area contributed by atoms with Crippen LogP contribution in [0.2, 0.25) is 0 Å². The van der Waals surface area contributed by atoms with E-state index in [1.54, 1.807) is 33.0 Å². The Labute approximate surface area is 217 Å². The second-order valence-electron chi connectivity index (χ2n) is 8.11. The Morgan fingerprint density at radius 1 is 1.06 bits per heavy atom. The molecule has 3 heterocycles. The van der Waals surface area contributed by atoms with Crippen LogP contribution in [0.15, 0.2) is 40.4 Å². The highest BCUT2D eigenvalue weighted by molar-refractivity contribution is 7.10. The van der Waals surface area contributed by atoms with Crippen molar-refractivity contribution in [2.24, 2.45) is 0 Å². The van der Waals surface area contributed by atoms with Crippen LogP contribution in [0.4, 0.5) is 4.79 Å². The second kappa shape index (κ2) is 13.4. The maximum absolute atomic E-state index is 13.7. The van der Waals surface area contributed by atoms with Crippen molar-refractivity contribution in [3.8, 4) is 0 Å². The summed E-state index contributed by atoms with van der Waals surface area (Å²) in [5, 5.41) is 21.3. The van der Waals surface area contributed by atoms with Crippen LogP contribution in [0.3, 0.4) is 0 Å². The van der Waals surface area contributed by atoms with E-state index in [1.165, 1.54) is 11.3 Å². The van der Waals surface area contributed by atoms with Gasteiger partial charge in [-0.3, -0.25) is 9.59 Å². The molecule has 3 aromatic rings. The molecule has 2 atom stereocenters. The van der Waals surface area contributed by atoms with Gasteiger partial charge in [-0.1, -0.05) is 31.9 Å². The Balaban J connectivity index is 1.75. The fourth-order valence-electron chi connectivity index (χ4n) is 3.58. The zero-order chi connectivity index (χ0) is 25.2. The van der Waals surface area contributed by atoms with E-state index in [2.05, 4.69) is 15.6 Å². The summed E-state index contributed by atoms with van der Waals surface area (Å²) in [4.78, 5) is 46.2. The second-order valence-corrected chi connectivity index (χ2v) is 11.2. The summed E-state index contributed by atoms with van der Waals surface area (Å²) >= 11 is 4.56. The molecule has 0 aromatic carbocycles. The number of nitrogens with zero attached hydrogens (tertiary/aromatic N) is 2. The molecule has 3 amide bonds. The molecular formula is C24H30N4O4S3. The third-order valence-corrected chi connectivity index (χ3v) is 7.81. The van der Waals surface area contributed by atoms with Crippen molar-refractivity contribution in [3.63, 3.8) is 0 Å². The minimum Gasteiger partial charge on any atom is -0.481 e. The van der Waals surface area contributed by atoms with Gasteiger partial charge in [0.05, 0.1) is 36.3 Å². The normalized spacial score (nSPS) is 12.6. The number of aliphatic carboxylic acids is 1. The number of urea groups is 1. The largest absolute Gasteiger partial charge is 0.481 e. The first-order chi connectivity index (χ1) is 16.9. The summed E-state index contributed by atoms with van der Waals surface area (Å²) in [5.74, 6) is -1.20. The number of thiophene rings is 2. The van der Waals surface area contributed by atoms with Crippen molar-refractivity contribution in [1.29, 1.82) is 0 Å². The molecule has 0 aliphatic rings. The van der Waals surface area contributed by atoms with Gasteiger partial charge in [-0.15, -0.1) is 34.0 Å². The summed E-state index contributed by atoms with van der Waals surface area (Å²) < 4.78 is 0. The first kappa shape index (κ1) is 26.8. The maximum atomic E-state index is 13.7. The number of amides is 3. The monoisotopic (exact) mass is 534 g/mol. The molecule has 11 heteroatoms. The number of unbranched alkanes of at least 4 members (excludes halogenated alkanes) is 1. The number of carboxylic acid groups (broad SMARTS) is 1. The SMILES string of the molecule is CCCC[C@H](NC(=O)N[C@@H](CC(=O)O)c1csc(C)n1)C(=O)N(Cc1cccs1)Cc1cccs1. The highest BCUT2D eigenvalue weighted by Crippen LogP contribution is 2.21. The zero-order valence-electron chi connectivity index (χ0n) is 19.7. The van der Waals surface area contributed by atoms with Crippen LogP contribution in [-0.2, 0) is 22.7 Å². The standard InChI is InChI=1S/C24H30N4O4S3/c1-3-4-9-19(26-24(32)27-20(12-22(29)30)21-15-35-16(2)25-21)23(31)28(13-17-7-5-10-33-17)14-18-8-6-11-34-18/h5-8,10-11,15,19-20H,3-4,9,12-14H2,1-2H3,(H,29,30)(H2,26,27,32)/t19-,20-/m0/s1. The van der Waals surface area contributed by atoms with Gasteiger partial charge in [0.2, 0.25) is 5.91 Å². The number of rotatable bonds is 13. The van der Waals surface area contributed by atoms with Gasteiger partial charge in [0, 0.05) is 15.1 Å². The topological polar surface area (TPSA) is 112 Å². The lowest BCUT2D eigenvalue weighted by atomic mass is 10.1. The van der Waals surface area contributed by atoms with Crippen LogP contribution >= 0.6 is 34.0 Å². The van der Waals surface area contributed by atoms with Crippen molar-refractivity contribution < 1.29 is 19.5 Å². The number of thiazole rings is 1. The van der Waals surface area contributed by atoms with Crippen LogP contribution in [-0.4, -0.2) is 38.9 Å². The molecule has 188 valence electrons. The van der Waals surface area contributed by atoms with E-state index < -0.39 is 24.1 Å². The fraction of sp³-hybridized carbons (Fsp3) is 0.417. The molecule has 0 aliphatic heterocycles. The van der Waals surface area contributed by atoms with Crippen LogP contribution in [0, 0.1) is 6.92 Å². The molecule has 0 fully saturated rings. The van der Waals surface area contributed by atoms with Crippen molar-refractivity contribution in [2.45, 2.75) is 64.7 Å². The van der Waals surface area contributed by atoms with Gasteiger partial charge in [-0.05, 0) is 36.2 Å². The Morgan fingerprint density at radius 3 is 2.20 bits per heavy atom. The van der Waals surface area contributed by atoms with Crippen molar-refractivity contribution in [2.75, 3.05) is 0 Å². The summed E-state index contributed by atoms with van der Waals surface area (Å²) in [6, 6.07) is 5.81. The van der Waals surface area contributed by atoms with E-state index in [1.807, 2.05) is 48.9 Å². The van der Waals surface area contributed by atoms with E-state index in [-0.39, 0.29) is 12.3 Å². The van der Waals surface area contributed by atoms with Crippen LogP contribution in [0.1, 0.15) is 59.1 Å². The molecule has 0 radical (unpaired) electrons. The van der Waals surface area contributed by atoms with E-state index in [9.17, 15) is 19.5 Å². The molecule has 0 spiro atoms. The molecule has 3 aromatic heterocycles. The van der Waals surface area contributed by atoms with Gasteiger partial charge < -0.3 is 20.6 Å². The van der Waals surface area contributed by atoms with Gasteiger partial charge in [0.15, 0.2) is 0 Å². The highest BCUT2D eigenvalue weighted by Gasteiger charge is 2.28. The molecular weight excluding hydrogens is 504 g/mol. The van der Waals surface area contributed by atoms with E-state index in [0.29, 0.717) is 25.2 Å². The van der Waals surface area contributed by atoms with Crippen molar-refractivity contribution in [1.82, 2.24) is 20.5 Å². The third kappa shape index (κ3) is 8.44. The number of nitrogens with one attached hydrogen (secondary N) is 2. The number of hydrogen-bond donors (Lipinski definition) is 3. The molecule has 3 rings (SSSR count). The molecule has 0 aliphatic carbocycles. The molecule has 35 heavy (non-hydrogen) atoms. The summed E-state index contributed by atoms with van der Waals surface area (Å²) in [6.45, 7) is 4.77. The van der Waals surface area contributed by atoms with Gasteiger partial charge in [0.25, 0.3) is 0 Å². The molecule has 0 saturated heterocycles. The Hall–Kier alpha value is -2.76. The van der Waals surface area contributed by atoms with Crippen molar-refractivity contribution in [3.05, 3.63) is 60.9 Å². The minimum atomic E-state index is -1.04. The fourth-order valence-corrected chi connectivity index (χ4v) is 5.69. The molecule has 8 nitrogen and oxygen atoms in total. The average molecular weight is 535 g/mol. The third-order valence-electron chi connectivity index (χ3n) is 5.29. The molecule has 0 unspecified atom stereocenters. The lowest BCUT2D eigenvalue weighted by Crippen LogP contribution is -2.51. The Morgan fingerprint density at radius 2 is 1.71 bits per heavy atom. The van der Waals surface area contributed by atoms with E-state index in [0.717, 1.165) is 27.6 Å². The maximum Gasteiger partial charge on any atom is 0.315 e. The highest BCUT2D eigenvalue weighted by atomic mass is 32.1. The smallest absolute Gasteiger partial charge is 0.315 e. The van der Waals surface area contributed by atoms with Crippen LogP contribution < -0.4 is 10.6 Å². The van der Waals surface area contributed by atoms with E-state index >= 15 is 0 Å². The average Bonchev–Trinajstić information content (AvgIpc) is 3.58. The van der Waals surface area contributed by atoms with Gasteiger partial charge in [-0.25, -0.2) is 9.78 Å². The number of aryl methyl sites for hydroxylation is 1. The van der Waals surface area contributed by atoms with E-state index in [4.69, 9.17) is 0 Å². The van der Waals surface area contributed by atoms with Crippen molar-refractivity contribution >= 4 is 51.9 Å². The lowest BCUT2D eigenvalue weighted by Gasteiger charge is -2.28. The number of carbonyl (C=O) groups is 3. The van der Waals surface area contributed by atoms with Gasteiger partial charge in [-0.2, -0.15) is 0 Å². The number of carbonyl (C=O) groups excluding carboxylic acids is 2. The van der Waals surface area contributed by atoms with Gasteiger partial charge in [0.1, 0.15) is 6.04 Å². The van der Waals surface area contributed by atoms with Gasteiger partial charge >= 0.3 is 12.0 Å². The summed E-state index contributed by atoms with van der Waals surface area (Å²) in [7, 11) is 0. The molecule has 3 N–H and O–H groups in total. The Bertz CT molecular complexity index is 1050.